The first-order chi connectivity index (χ1) is 7.63. The lowest BCUT2D eigenvalue weighted by Gasteiger charge is -2.08. The van der Waals surface area contributed by atoms with Crippen molar-refractivity contribution in [3.05, 3.63) is 24.3 Å². The number of thioether (sulfide) groups is 1. The Morgan fingerprint density at radius 3 is 2.56 bits per heavy atom. The lowest BCUT2D eigenvalue weighted by molar-refractivity contribution is -0.143. The third-order valence-corrected chi connectivity index (χ3v) is 2.95. The molecule has 88 valence electrons. The van der Waals surface area contributed by atoms with Crippen molar-refractivity contribution in [2.24, 2.45) is 0 Å². The molecule has 3 nitrogen and oxygen atoms in total. The smallest absolute Gasteiger partial charge is 0.247 e. The molecule has 5 heteroatoms. The van der Waals surface area contributed by atoms with Gasteiger partial charge < -0.3 is 4.74 Å². The zero-order valence-electron chi connectivity index (χ0n) is 9.27. The molecule has 1 aromatic carbocycles. The second-order valence-electron chi connectivity index (χ2n) is 3.13. The Kier molecular flexibility index (Phi) is 5.11. The van der Waals surface area contributed by atoms with Crippen molar-refractivity contribution in [3.8, 4) is 5.75 Å². The predicted octanol–water partition coefficient (Wildman–Crippen LogP) is 2.52. The molecule has 0 atom stereocenters. The van der Waals surface area contributed by atoms with Crippen LogP contribution in [-0.4, -0.2) is 30.4 Å². The minimum Gasteiger partial charge on any atom is -0.497 e. The topological polar surface area (TPSA) is 29.5 Å². The Morgan fingerprint density at radius 1 is 1.44 bits per heavy atom. The van der Waals surface area contributed by atoms with Crippen LogP contribution in [0.15, 0.2) is 29.2 Å². The molecule has 0 spiro atoms. The van der Waals surface area contributed by atoms with Gasteiger partial charge in [-0.05, 0) is 24.3 Å². The first-order valence-electron chi connectivity index (χ1n) is 4.84. The van der Waals surface area contributed by atoms with Crippen molar-refractivity contribution >= 4 is 17.7 Å². The van der Waals surface area contributed by atoms with Crippen LogP contribution in [0.25, 0.3) is 0 Å². The number of benzene rings is 1. The number of carbonyl (C=O) groups excluding carboxylic acids is 1. The van der Waals surface area contributed by atoms with E-state index in [0.29, 0.717) is 5.75 Å². The van der Waals surface area contributed by atoms with Crippen LogP contribution >= 0.6 is 11.8 Å². The quantitative estimate of drug-likeness (QED) is 0.588. The summed E-state index contributed by atoms with van der Waals surface area (Å²) in [5.74, 6) is 0.762. The molecule has 0 bridgehead atoms. The number of amides is 1. The van der Waals surface area contributed by atoms with Gasteiger partial charge in [0.25, 0.3) is 0 Å². The van der Waals surface area contributed by atoms with E-state index >= 15 is 0 Å². The van der Waals surface area contributed by atoms with Crippen LogP contribution in [0.3, 0.4) is 0 Å². The molecule has 0 aliphatic heterocycles. The average molecular weight is 243 g/mol. The van der Waals surface area contributed by atoms with E-state index in [2.05, 4.69) is 0 Å². The highest BCUT2D eigenvalue weighted by atomic mass is 32.2. The molecule has 1 rings (SSSR count). The highest BCUT2D eigenvalue weighted by Gasteiger charge is 2.05. The number of rotatable bonds is 5. The Hall–Kier alpha value is -1.23. The van der Waals surface area contributed by atoms with Gasteiger partial charge in [0, 0.05) is 17.6 Å². The van der Waals surface area contributed by atoms with Crippen molar-refractivity contribution in [2.45, 2.75) is 11.8 Å². The molecule has 0 radical (unpaired) electrons. The van der Waals surface area contributed by atoms with Gasteiger partial charge >= 0.3 is 0 Å². The van der Waals surface area contributed by atoms with Gasteiger partial charge in [-0.25, -0.2) is 0 Å². The molecule has 0 heterocycles. The number of methoxy groups -OCH3 is 1. The first-order valence-corrected chi connectivity index (χ1v) is 5.83. The number of halogens is 1. The molecule has 0 aliphatic carbocycles. The fourth-order valence-corrected chi connectivity index (χ4v) is 1.89. The maximum Gasteiger partial charge on any atom is 0.247 e. The maximum absolute atomic E-state index is 12.8. The number of hydrogen-bond donors (Lipinski definition) is 0. The highest BCUT2D eigenvalue weighted by Crippen LogP contribution is 2.21. The van der Waals surface area contributed by atoms with E-state index in [1.54, 1.807) is 7.11 Å². The average Bonchev–Trinajstić information content (AvgIpc) is 2.29. The summed E-state index contributed by atoms with van der Waals surface area (Å²) < 4.78 is 17.8. The Bertz CT molecular complexity index is 342. The van der Waals surface area contributed by atoms with Crippen LogP contribution in [0.5, 0.6) is 5.75 Å². The van der Waals surface area contributed by atoms with Crippen LogP contribution in [0, 0.1) is 0 Å². The van der Waals surface area contributed by atoms with Crippen molar-refractivity contribution < 1.29 is 14.0 Å². The fourth-order valence-electron chi connectivity index (χ4n) is 1.07. The molecule has 0 aliphatic rings. The van der Waals surface area contributed by atoms with E-state index in [0.717, 1.165) is 10.6 Å². The second kappa shape index (κ2) is 6.37. The summed E-state index contributed by atoms with van der Waals surface area (Å²) in [4.78, 5) is 11.6. The number of carbonyl (C=O) groups is 1. The van der Waals surface area contributed by atoms with Gasteiger partial charge in [-0.2, -0.15) is 5.12 Å². The van der Waals surface area contributed by atoms with E-state index in [-0.39, 0.29) is 11.7 Å². The van der Waals surface area contributed by atoms with Crippen LogP contribution in [0.2, 0.25) is 0 Å². The third-order valence-electron chi connectivity index (χ3n) is 1.96. The minimum atomic E-state index is -0.560. The van der Waals surface area contributed by atoms with Crippen LogP contribution in [0.4, 0.5) is 4.48 Å². The molecule has 0 aromatic heterocycles. The normalized spacial score (nSPS) is 9.94. The van der Waals surface area contributed by atoms with E-state index in [1.807, 2.05) is 24.3 Å². The van der Waals surface area contributed by atoms with Gasteiger partial charge in [-0.1, -0.05) is 4.48 Å². The lowest BCUT2D eigenvalue weighted by Crippen LogP contribution is -2.21. The Balaban J connectivity index is 2.34. The Morgan fingerprint density at radius 2 is 2.06 bits per heavy atom. The predicted molar refractivity (Wildman–Crippen MR) is 62.2 cm³/mol. The molecule has 0 unspecified atom stereocenters. The number of ether oxygens (including phenoxy) is 1. The maximum atomic E-state index is 12.8. The molecular weight excluding hydrogens is 229 g/mol. The van der Waals surface area contributed by atoms with Crippen LogP contribution in [-0.2, 0) is 4.79 Å². The summed E-state index contributed by atoms with van der Waals surface area (Å²) in [7, 11) is 1.61. The molecule has 16 heavy (non-hydrogen) atoms. The molecule has 0 saturated carbocycles. The molecule has 0 N–H and O–H groups in total. The molecule has 0 saturated heterocycles. The van der Waals surface area contributed by atoms with Gasteiger partial charge in [-0.15, -0.1) is 11.8 Å². The van der Waals surface area contributed by atoms with Crippen LogP contribution in [0.1, 0.15) is 6.92 Å². The minimum absolute atomic E-state index is 0.103. The molecule has 1 amide bonds. The second-order valence-corrected chi connectivity index (χ2v) is 4.30. The van der Waals surface area contributed by atoms with Gasteiger partial charge in [0.05, 0.1) is 13.7 Å². The standard InChI is InChI=1S/C11H14FNO2S/c1-9(14)13(12)7-8-16-11-5-3-10(15-2)4-6-11/h3-6H,7-8H2,1-2H3. The van der Waals surface area contributed by atoms with E-state index < -0.39 is 5.91 Å². The van der Waals surface area contributed by atoms with Gasteiger partial charge in [0.1, 0.15) is 5.75 Å². The zero-order chi connectivity index (χ0) is 12.0. The fraction of sp³-hybridized carbons (Fsp3) is 0.364. The monoisotopic (exact) mass is 243 g/mol. The van der Waals surface area contributed by atoms with E-state index in [1.165, 1.54) is 18.7 Å². The summed E-state index contributed by atoms with van der Waals surface area (Å²) >= 11 is 1.50. The largest absolute Gasteiger partial charge is 0.497 e. The summed E-state index contributed by atoms with van der Waals surface area (Å²) in [6.45, 7) is 1.31. The summed E-state index contributed by atoms with van der Waals surface area (Å²) in [5.41, 5.74) is 0. The van der Waals surface area contributed by atoms with Crippen molar-refractivity contribution in [3.63, 3.8) is 0 Å². The van der Waals surface area contributed by atoms with E-state index in [9.17, 15) is 9.28 Å². The third kappa shape index (κ3) is 4.10. The molecular formula is C11H14FNO2S. The van der Waals surface area contributed by atoms with Crippen molar-refractivity contribution in [1.82, 2.24) is 5.12 Å². The molecule has 0 fully saturated rings. The van der Waals surface area contributed by atoms with E-state index in [4.69, 9.17) is 4.74 Å². The van der Waals surface area contributed by atoms with Crippen molar-refractivity contribution in [1.29, 1.82) is 0 Å². The highest BCUT2D eigenvalue weighted by molar-refractivity contribution is 7.99. The molecule has 1 aromatic rings. The van der Waals surface area contributed by atoms with Gasteiger partial charge in [0.2, 0.25) is 5.91 Å². The summed E-state index contributed by atoms with van der Waals surface area (Å²) in [6, 6.07) is 7.50. The van der Waals surface area contributed by atoms with Crippen molar-refractivity contribution in [2.75, 3.05) is 19.4 Å². The first kappa shape index (κ1) is 12.8. The number of nitrogens with zero attached hydrogens (tertiary/aromatic N) is 1. The van der Waals surface area contributed by atoms with Gasteiger partial charge in [0.15, 0.2) is 0 Å². The summed E-state index contributed by atoms with van der Waals surface area (Å²) in [5, 5.41) is 0.219. The van der Waals surface area contributed by atoms with Crippen LogP contribution < -0.4 is 4.74 Å². The SMILES string of the molecule is COc1ccc(SCCN(F)C(C)=O)cc1. The van der Waals surface area contributed by atoms with Gasteiger partial charge in [-0.3, -0.25) is 4.79 Å². The zero-order valence-corrected chi connectivity index (χ0v) is 10.1. The lowest BCUT2D eigenvalue weighted by atomic mass is 10.3. The number of hydrogen-bond acceptors (Lipinski definition) is 3. The Labute approximate surface area is 98.5 Å². The summed E-state index contributed by atoms with van der Waals surface area (Å²) in [6.07, 6.45) is 0.